The predicted octanol–water partition coefficient (Wildman–Crippen LogP) is 1.40. The summed E-state index contributed by atoms with van der Waals surface area (Å²) in [5, 5.41) is 10.7. The maximum Gasteiger partial charge on any atom is 0.186 e. The highest BCUT2D eigenvalue weighted by Crippen LogP contribution is 2.35. The van der Waals surface area contributed by atoms with Crippen molar-refractivity contribution in [2.24, 2.45) is 0 Å². The predicted molar refractivity (Wildman–Crippen MR) is 81.6 cm³/mol. The van der Waals surface area contributed by atoms with Crippen LogP contribution in [0.4, 0.5) is 0 Å². The molecule has 0 aromatic heterocycles. The molecule has 0 aliphatic carbocycles. The lowest BCUT2D eigenvalue weighted by atomic mass is 9.97. The molecule has 6 heteroatoms. The number of hydrogen-bond donors (Lipinski definition) is 1. The molecule has 2 fully saturated rings. The Hall–Kier alpha value is -1.28. The molecule has 126 valence electrons. The first kappa shape index (κ1) is 16.6. The summed E-state index contributed by atoms with van der Waals surface area (Å²) in [6, 6.07) is 9.60. The van der Waals surface area contributed by atoms with E-state index in [-0.39, 0.29) is 0 Å². The molecule has 2 saturated heterocycles. The highest BCUT2D eigenvalue weighted by atomic mass is 16.8. The Morgan fingerprint density at radius 1 is 1.30 bits per heavy atom. The second-order valence-electron chi connectivity index (χ2n) is 5.53. The van der Waals surface area contributed by atoms with Gasteiger partial charge < -0.3 is 28.8 Å². The Kier molecular flexibility index (Phi) is 5.42. The van der Waals surface area contributed by atoms with E-state index in [1.165, 1.54) is 7.11 Å². The summed E-state index contributed by atoms with van der Waals surface area (Å²) in [5.41, 5.74) is 0.899. The zero-order valence-corrected chi connectivity index (χ0v) is 13.0. The van der Waals surface area contributed by atoms with Gasteiger partial charge in [0.05, 0.1) is 13.2 Å². The minimum atomic E-state index is -0.881. The van der Waals surface area contributed by atoms with Crippen LogP contribution in [0.1, 0.15) is 11.9 Å². The van der Waals surface area contributed by atoms with Crippen LogP contribution in [-0.2, 0) is 23.7 Å². The van der Waals surface area contributed by atoms with Crippen LogP contribution < -0.4 is 0 Å². The van der Waals surface area contributed by atoms with E-state index in [9.17, 15) is 5.11 Å². The number of fused-ring (bicyclic) bond motifs is 1. The minimum Gasteiger partial charge on any atom is -0.387 e. The van der Waals surface area contributed by atoms with Crippen molar-refractivity contribution in [3.05, 3.63) is 48.6 Å². The summed E-state index contributed by atoms with van der Waals surface area (Å²) in [4.78, 5) is 0. The van der Waals surface area contributed by atoms with Crippen molar-refractivity contribution in [1.82, 2.24) is 0 Å². The zero-order chi connectivity index (χ0) is 16.2. The quantitative estimate of drug-likeness (QED) is 0.827. The van der Waals surface area contributed by atoms with E-state index in [0.717, 1.165) is 5.56 Å². The van der Waals surface area contributed by atoms with Crippen molar-refractivity contribution in [2.45, 2.75) is 37.0 Å². The number of benzene rings is 1. The third-order valence-corrected chi connectivity index (χ3v) is 4.02. The second-order valence-corrected chi connectivity index (χ2v) is 5.53. The van der Waals surface area contributed by atoms with Gasteiger partial charge in [-0.25, -0.2) is 0 Å². The van der Waals surface area contributed by atoms with Crippen LogP contribution in [0, 0.1) is 0 Å². The normalized spacial score (nSPS) is 37.1. The van der Waals surface area contributed by atoms with Crippen LogP contribution in [0.2, 0.25) is 0 Å². The molecule has 1 aromatic carbocycles. The number of hydrogen-bond acceptors (Lipinski definition) is 6. The number of aliphatic hydroxyl groups is 1. The summed E-state index contributed by atoms with van der Waals surface area (Å²) in [5.74, 6) is 0. The van der Waals surface area contributed by atoms with Gasteiger partial charge in [-0.05, 0) is 0 Å². The fourth-order valence-corrected chi connectivity index (χ4v) is 2.89. The van der Waals surface area contributed by atoms with Crippen molar-refractivity contribution in [3.8, 4) is 0 Å². The average molecular weight is 322 g/mol. The van der Waals surface area contributed by atoms with Crippen LogP contribution in [0.5, 0.6) is 0 Å². The topological polar surface area (TPSA) is 66.4 Å². The Morgan fingerprint density at radius 3 is 2.78 bits per heavy atom. The van der Waals surface area contributed by atoms with E-state index >= 15 is 0 Å². The molecule has 1 aromatic rings. The minimum absolute atomic E-state index is 0.293. The lowest BCUT2D eigenvalue weighted by molar-refractivity contribution is -0.361. The second kappa shape index (κ2) is 7.53. The maximum atomic E-state index is 10.7. The van der Waals surface area contributed by atoms with Gasteiger partial charge in [0.25, 0.3) is 0 Å². The summed E-state index contributed by atoms with van der Waals surface area (Å²) in [6.07, 6.45) is -2.07. The lowest BCUT2D eigenvalue weighted by Gasteiger charge is -2.47. The van der Waals surface area contributed by atoms with Crippen molar-refractivity contribution in [3.63, 3.8) is 0 Å². The van der Waals surface area contributed by atoms with E-state index in [1.54, 1.807) is 6.08 Å². The molecule has 0 spiro atoms. The molecule has 2 heterocycles. The summed E-state index contributed by atoms with van der Waals surface area (Å²) in [7, 11) is 1.51. The van der Waals surface area contributed by atoms with E-state index in [1.807, 2.05) is 30.3 Å². The maximum absolute atomic E-state index is 10.7. The van der Waals surface area contributed by atoms with Crippen LogP contribution >= 0.6 is 0 Å². The highest BCUT2D eigenvalue weighted by Gasteiger charge is 2.50. The first-order chi connectivity index (χ1) is 11.2. The van der Waals surface area contributed by atoms with E-state index in [0.29, 0.717) is 13.2 Å². The fourth-order valence-electron chi connectivity index (χ4n) is 2.89. The molecule has 0 radical (unpaired) electrons. The molecule has 0 bridgehead atoms. The van der Waals surface area contributed by atoms with Crippen LogP contribution in [0.3, 0.4) is 0 Å². The summed E-state index contributed by atoms with van der Waals surface area (Å²) < 4.78 is 28.3. The number of rotatable bonds is 5. The van der Waals surface area contributed by atoms with Crippen molar-refractivity contribution in [2.75, 3.05) is 20.3 Å². The first-order valence-corrected chi connectivity index (χ1v) is 7.65. The van der Waals surface area contributed by atoms with E-state index in [4.69, 9.17) is 23.7 Å². The number of ether oxygens (including phenoxy) is 5. The third-order valence-electron chi connectivity index (χ3n) is 4.02. The van der Waals surface area contributed by atoms with Crippen LogP contribution in [-0.4, -0.2) is 56.1 Å². The molecule has 6 nitrogen and oxygen atoms in total. The molecule has 2 aliphatic rings. The number of methoxy groups -OCH3 is 1. The number of aliphatic hydroxyl groups excluding tert-OH is 1. The zero-order valence-electron chi connectivity index (χ0n) is 13.0. The largest absolute Gasteiger partial charge is 0.387 e. The van der Waals surface area contributed by atoms with Crippen molar-refractivity contribution < 1.29 is 28.8 Å². The van der Waals surface area contributed by atoms with E-state index < -0.39 is 37.0 Å². The smallest absolute Gasteiger partial charge is 0.186 e. The van der Waals surface area contributed by atoms with Gasteiger partial charge in [-0.1, -0.05) is 36.4 Å². The van der Waals surface area contributed by atoms with E-state index in [2.05, 4.69) is 6.58 Å². The highest BCUT2D eigenvalue weighted by molar-refractivity contribution is 5.16. The Morgan fingerprint density at radius 2 is 2.09 bits per heavy atom. The van der Waals surface area contributed by atoms with Crippen molar-refractivity contribution >= 4 is 0 Å². The SMILES string of the molecule is C=CCO[C@@H]1[C@H](OC)O[C@H]2CO[C@H](c3ccccc3)O[C@@H]2[C@@H]1O. The molecule has 6 atom stereocenters. The fraction of sp³-hybridized carbons (Fsp3) is 0.529. The Bertz CT molecular complexity index is 507. The van der Waals surface area contributed by atoms with Gasteiger partial charge in [-0.3, -0.25) is 0 Å². The van der Waals surface area contributed by atoms with Crippen LogP contribution in [0.25, 0.3) is 0 Å². The molecule has 2 aliphatic heterocycles. The molecule has 0 saturated carbocycles. The molecule has 3 rings (SSSR count). The van der Waals surface area contributed by atoms with Gasteiger partial charge in [0, 0.05) is 12.7 Å². The van der Waals surface area contributed by atoms with Gasteiger partial charge in [-0.2, -0.15) is 0 Å². The monoisotopic (exact) mass is 322 g/mol. The molecule has 23 heavy (non-hydrogen) atoms. The van der Waals surface area contributed by atoms with Crippen LogP contribution in [0.15, 0.2) is 43.0 Å². The molecular weight excluding hydrogens is 300 g/mol. The lowest BCUT2D eigenvalue weighted by Crippen LogP contribution is -2.62. The van der Waals surface area contributed by atoms with Gasteiger partial charge in [-0.15, -0.1) is 6.58 Å². The Labute approximate surface area is 135 Å². The molecule has 0 unspecified atom stereocenters. The molecule has 1 N–H and O–H groups in total. The molecule has 0 amide bonds. The molecular formula is C17H22O6. The summed E-state index contributed by atoms with van der Waals surface area (Å²) in [6.45, 7) is 4.22. The Balaban J connectivity index is 1.73. The van der Waals surface area contributed by atoms with Crippen molar-refractivity contribution in [1.29, 1.82) is 0 Å². The van der Waals surface area contributed by atoms with Gasteiger partial charge >= 0.3 is 0 Å². The third kappa shape index (κ3) is 3.47. The first-order valence-electron chi connectivity index (χ1n) is 7.65. The van der Waals surface area contributed by atoms with Gasteiger partial charge in [0.1, 0.15) is 24.4 Å². The standard InChI is InChI=1S/C17H22O6/c1-3-9-20-15-13(18)14-12(22-17(15)19-2)10-21-16(23-14)11-7-5-4-6-8-11/h3-8,12-18H,1,9-10H2,2H3/t12-,13-,14-,15-,16-,17+/m0/s1. The van der Waals surface area contributed by atoms with Gasteiger partial charge in [0.15, 0.2) is 12.6 Å². The average Bonchev–Trinajstić information content (AvgIpc) is 2.61. The summed E-state index contributed by atoms with van der Waals surface area (Å²) >= 11 is 0. The van der Waals surface area contributed by atoms with Gasteiger partial charge in [0.2, 0.25) is 0 Å².